The van der Waals surface area contributed by atoms with Gasteiger partial charge in [-0.3, -0.25) is 0 Å². The van der Waals surface area contributed by atoms with Gasteiger partial charge in [0, 0.05) is 12.1 Å². The van der Waals surface area contributed by atoms with Gasteiger partial charge in [-0.2, -0.15) is 0 Å². The van der Waals surface area contributed by atoms with Gasteiger partial charge in [-0.25, -0.2) is 4.39 Å². The smallest absolute Gasteiger partial charge is 0.117 e. The van der Waals surface area contributed by atoms with Crippen molar-refractivity contribution in [3.05, 3.63) is 0 Å². The third-order valence-electron chi connectivity index (χ3n) is 3.63. The topological polar surface area (TPSA) is 32.3 Å². The molecular weight excluding hydrogens is 169 g/mol. The van der Waals surface area contributed by atoms with Crippen molar-refractivity contribution in [3.8, 4) is 0 Å². The zero-order valence-corrected chi connectivity index (χ0v) is 7.93. The fourth-order valence-electron chi connectivity index (χ4n) is 2.83. The van der Waals surface area contributed by atoms with Crippen LogP contribution >= 0.6 is 0 Å². The zero-order valence-electron chi connectivity index (χ0n) is 7.93. The quantitative estimate of drug-likeness (QED) is 0.694. The number of hydrogen-bond donors (Lipinski definition) is 2. The molecule has 2 saturated carbocycles. The van der Waals surface area contributed by atoms with E-state index in [4.69, 9.17) is 5.11 Å². The van der Waals surface area contributed by atoms with E-state index >= 15 is 0 Å². The first-order valence-electron chi connectivity index (χ1n) is 5.23. The van der Waals surface area contributed by atoms with Crippen LogP contribution in [0.5, 0.6) is 0 Å². The van der Waals surface area contributed by atoms with Crippen LogP contribution in [0.3, 0.4) is 0 Å². The monoisotopic (exact) mass is 187 g/mol. The van der Waals surface area contributed by atoms with Crippen LogP contribution < -0.4 is 5.32 Å². The molecule has 0 aliphatic heterocycles. The first-order valence-corrected chi connectivity index (χ1v) is 5.23. The lowest BCUT2D eigenvalue weighted by Crippen LogP contribution is -2.45. The largest absolute Gasteiger partial charge is 0.389 e. The lowest BCUT2D eigenvalue weighted by molar-refractivity contribution is 0.124. The second-order valence-corrected chi connectivity index (χ2v) is 4.62. The summed E-state index contributed by atoms with van der Waals surface area (Å²) in [5.41, 5.74) is 0.265. The molecule has 0 radical (unpaired) electrons. The molecule has 0 spiro atoms. The summed E-state index contributed by atoms with van der Waals surface area (Å²) in [4.78, 5) is 0. The molecule has 2 N–H and O–H groups in total. The van der Waals surface area contributed by atoms with Crippen molar-refractivity contribution >= 4 is 0 Å². The zero-order chi connectivity index (χ0) is 9.31. The van der Waals surface area contributed by atoms with Crippen LogP contribution in [0.25, 0.3) is 0 Å². The van der Waals surface area contributed by atoms with Crippen molar-refractivity contribution in [3.63, 3.8) is 0 Å². The van der Waals surface area contributed by atoms with Gasteiger partial charge in [0.2, 0.25) is 0 Å². The van der Waals surface area contributed by atoms with E-state index in [-0.39, 0.29) is 5.54 Å². The molecule has 0 aromatic rings. The molecule has 1 atom stereocenters. The first-order chi connectivity index (χ1) is 6.24. The highest BCUT2D eigenvalue weighted by Gasteiger charge is 2.44. The Morgan fingerprint density at radius 1 is 1.46 bits per heavy atom. The van der Waals surface area contributed by atoms with Crippen LogP contribution in [-0.4, -0.2) is 30.0 Å². The summed E-state index contributed by atoms with van der Waals surface area (Å²) < 4.78 is 12.0. The maximum Gasteiger partial charge on any atom is 0.117 e. The highest BCUT2D eigenvalue weighted by Crippen LogP contribution is 2.47. The lowest BCUT2D eigenvalue weighted by atomic mass is 9.93. The average Bonchev–Trinajstić information content (AvgIpc) is 2.74. The number of alkyl halides is 1. The van der Waals surface area contributed by atoms with Gasteiger partial charge >= 0.3 is 0 Å². The lowest BCUT2D eigenvalue weighted by Gasteiger charge is -2.28. The minimum absolute atomic E-state index is 0.265. The molecule has 0 heterocycles. The molecule has 3 heteroatoms. The molecule has 0 aromatic carbocycles. The van der Waals surface area contributed by atoms with E-state index in [0.29, 0.717) is 6.54 Å². The third-order valence-corrected chi connectivity index (χ3v) is 3.63. The van der Waals surface area contributed by atoms with Crippen LogP contribution in [0.15, 0.2) is 0 Å². The van der Waals surface area contributed by atoms with Crippen molar-refractivity contribution in [2.24, 2.45) is 5.92 Å². The van der Waals surface area contributed by atoms with Crippen molar-refractivity contribution in [2.45, 2.75) is 43.7 Å². The van der Waals surface area contributed by atoms with E-state index in [1.165, 1.54) is 32.1 Å². The Morgan fingerprint density at radius 3 is 2.62 bits per heavy atom. The molecule has 0 amide bonds. The highest BCUT2D eigenvalue weighted by molar-refractivity contribution is 5.02. The van der Waals surface area contributed by atoms with E-state index in [2.05, 4.69) is 5.32 Å². The summed E-state index contributed by atoms with van der Waals surface area (Å²) in [6.45, 7) is -0.213. The fraction of sp³-hybridized carbons (Fsp3) is 1.00. The number of fused-ring (bicyclic) bond motifs is 2. The van der Waals surface area contributed by atoms with E-state index in [1.54, 1.807) is 0 Å². The number of nitrogens with one attached hydrogen (secondary N) is 1. The Bertz CT molecular complexity index is 178. The minimum Gasteiger partial charge on any atom is -0.389 e. The molecule has 1 unspecified atom stereocenters. The molecule has 2 aliphatic rings. The Kier molecular flexibility index (Phi) is 2.56. The molecule has 76 valence electrons. The number of rotatable bonds is 4. The molecule has 0 aromatic heterocycles. The summed E-state index contributed by atoms with van der Waals surface area (Å²) in [7, 11) is 0. The van der Waals surface area contributed by atoms with Gasteiger partial charge in [0.25, 0.3) is 0 Å². The van der Waals surface area contributed by atoms with E-state index in [1.807, 2.05) is 0 Å². The summed E-state index contributed by atoms with van der Waals surface area (Å²) in [5, 5.41) is 12.5. The van der Waals surface area contributed by atoms with Crippen molar-refractivity contribution in [1.29, 1.82) is 0 Å². The van der Waals surface area contributed by atoms with Gasteiger partial charge < -0.3 is 10.4 Å². The first kappa shape index (κ1) is 9.41. The van der Waals surface area contributed by atoms with Gasteiger partial charge in [0.15, 0.2) is 0 Å². The van der Waals surface area contributed by atoms with Gasteiger partial charge in [-0.15, -0.1) is 0 Å². The van der Waals surface area contributed by atoms with Crippen molar-refractivity contribution < 1.29 is 9.50 Å². The highest BCUT2D eigenvalue weighted by atomic mass is 19.1. The Balaban J connectivity index is 1.80. The molecule has 0 saturated heterocycles. The summed E-state index contributed by atoms with van der Waals surface area (Å²) in [6, 6.07) is 0. The van der Waals surface area contributed by atoms with Crippen LogP contribution in [0.1, 0.15) is 32.1 Å². The van der Waals surface area contributed by atoms with E-state index in [9.17, 15) is 4.39 Å². The van der Waals surface area contributed by atoms with Crippen molar-refractivity contribution in [2.75, 3.05) is 13.2 Å². The Morgan fingerprint density at radius 2 is 2.15 bits per heavy atom. The molecular formula is C10H18FNO. The minimum atomic E-state index is -0.811. The van der Waals surface area contributed by atoms with Crippen LogP contribution in [0.4, 0.5) is 4.39 Å². The normalized spacial score (nSPS) is 39.7. The molecule has 2 aliphatic carbocycles. The predicted molar refractivity (Wildman–Crippen MR) is 49.3 cm³/mol. The second-order valence-electron chi connectivity index (χ2n) is 4.62. The molecule has 13 heavy (non-hydrogen) atoms. The number of hydrogen-bond acceptors (Lipinski definition) is 2. The Hall–Kier alpha value is -0.150. The third kappa shape index (κ3) is 1.86. The molecule has 2 fully saturated rings. The van der Waals surface area contributed by atoms with Crippen molar-refractivity contribution in [1.82, 2.24) is 5.32 Å². The predicted octanol–water partition coefficient (Wildman–Crippen LogP) is 1.24. The summed E-state index contributed by atoms with van der Waals surface area (Å²) in [6.07, 6.45) is 5.51. The summed E-state index contributed by atoms with van der Waals surface area (Å²) >= 11 is 0. The SMILES string of the molecule is OC(CF)CNC12CCC(CC1)C2. The standard InChI is InChI=1S/C10H18FNO/c11-6-9(13)7-12-10-3-1-8(5-10)2-4-10/h8-9,12-13H,1-7H2. The van der Waals surface area contributed by atoms with Crippen LogP contribution in [-0.2, 0) is 0 Å². The molecule has 2 nitrogen and oxygen atoms in total. The van der Waals surface area contributed by atoms with Gasteiger partial charge in [0.1, 0.15) is 6.67 Å². The van der Waals surface area contributed by atoms with E-state index in [0.717, 1.165) is 5.92 Å². The van der Waals surface area contributed by atoms with Crippen LogP contribution in [0, 0.1) is 5.92 Å². The summed E-state index contributed by atoms with van der Waals surface area (Å²) in [5.74, 6) is 0.898. The number of halogens is 1. The maximum atomic E-state index is 12.0. The number of β-amino-alcohol motifs (C(OH)–C–C–N with tert-alkyl or cyclic N) is 1. The second kappa shape index (κ2) is 3.54. The Labute approximate surface area is 78.5 Å². The molecule has 2 rings (SSSR count). The van der Waals surface area contributed by atoms with Gasteiger partial charge in [-0.1, -0.05) is 0 Å². The van der Waals surface area contributed by atoms with Gasteiger partial charge in [0.05, 0.1) is 6.10 Å². The average molecular weight is 187 g/mol. The maximum absolute atomic E-state index is 12.0. The number of aliphatic hydroxyl groups excluding tert-OH is 1. The number of aliphatic hydroxyl groups is 1. The van der Waals surface area contributed by atoms with E-state index < -0.39 is 12.8 Å². The fourth-order valence-corrected chi connectivity index (χ4v) is 2.83. The molecule has 2 bridgehead atoms. The van der Waals surface area contributed by atoms with Crippen LogP contribution in [0.2, 0.25) is 0 Å². The van der Waals surface area contributed by atoms with Gasteiger partial charge in [-0.05, 0) is 38.0 Å².